The number of rotatable bonds is 5. The summed E-state index contributed by atoms with van der Waals surface area (Å²) in [5, 5.41) is 0. The van der Waals surface area contributed by atoms with E-state index in [2.05, 4.69) is 4.90 Å². The minimum atomic E-state index is -3.41. The summed E-state index contributed by atoms with van der Waals surface area (Å²) in [5.41, 5.74) is 0. The summed E-state index contributed by atoms with van der Waals surface area (Å²) in [5.74, 6) is 1.10. The summed E-state index contributed by atoms with van der Waals surface area (Å²) in [7, 11) is 1.48. The fraction of sp³-hybridized carbons (Fsp3) is 0.733. The number of furan rings is 1. The van der Waals surface area contributed by atoms with Gasteiger partial charge in [-0.25, -0.2) is 0 Å². The van der Waals surface area contributed by atoms with E-state index in [1.807, 2.05) is 12.1 Å². The number of likely N-dealkylation sites (tertiary alicyclic amines) is 1. The van der Waals surface area contributed by atoms with Crippen LogP contribution in [-0.2, 0) is 21.5 Å². The zero-order valence-electron chi connectivity index (χ0n) is 13.9. The Morgan fingerprint density at radius 3 is 2.78 bits per heavy atom. The van der Waals surface area contributed by atoms with E-state index in [1.165, 1.54) is 4.31 Å². The van der Waals surface area contributed by atoms with Gasteiger partial charge in [-0.15, -0.1) is 0 Å². The van der Waals surface area contributed by atoms with Gasteiger partial charge < -0.3 is 9.15 Å². The lowest BCUT2D eigenvalue weighted by Crippen LogP contribution is -2.56. The molecule has 0 N–H and O–H groups in total. The molecule has 2 saturated heterocycles. The van der Waals surface area contributed by atoms with Gasteiger partial charge in [0.25, 0.3) is 10.2 Å². The van der Waals surface area contributed by atoms with E-state index in [0.29, 0.717) is 19.6 Å². The molecule has 0 amide bonds. The lowest BCUT2D eigenvalue weighted by molar-refractivity contribution is 0.00117. The Kier molecular flexibility index (Phi) is 4.80. The van der Waals surface area contributed by atoms with E-state index in [4.69, 9.17) is 9.15 Å². The summed E-state index contributed by atoms with van der Waals surface area (Å²) >= 11 is 0. The average molecular weight is 343 g/mol. The van der Waals surface area contributed by atoms with Crippen LogP contribution in [0.5, 0.6) is 0 Å². The summed E-state index contributed by atoms with van der Waals surface area (Å²) in [4.78, 5) is 2.25. The molecule has 1 aromatic rings. The lowest BCUT2D eigenvalue weighted by Gasteiger charge is -2.40. The molecule has 8 heteroatoms. The highest BCUT2D eigenvalue weighted by atomic mass is 32.2. The van der Waals surface area contributed by atoms with E-state index in [1.54, 1.807) is 31.8 Å². The maximum absolute atomic E-state index is 12.6. The van der Waals surface area contributed by atoms with Crippen molar-refractivity contribution in [1.29, 1.82) is 0 Å². The molecule has 2 aliphatic heterocycles. The minimum Gasteiger partial charge on any atom is -0.468 e. The number of methoxy groups -OCH3 is 1. The van der Waals surface area contributed by atoms with Crippen LogP contribution in [0.4, 0.5) is 0 Å². The number of hydrogen-bond acceptors (Lipinski definition) is 5. The van der Waals surface area contributed by atoms with Gasteiger partial charge in [0.2, 0.25) is 0 Å². The zero-order chi connectivity index (χ0) is 16.6. The Labute approximate surface area is 138 Å². The molecule has 0 aliphatic carbocycles. The normalized spacial score (nSPS) is 30.0. The molecule has 3 heterocycles. The molecular formula is C15H25N3O4S. The largest absolute Gasteiger partial charge is 0.468 e. The third kappa shape index (κ3) is 3.18. The van der Waals surface area contributed by atoms with Crippen LogP contribution in [0.25, 0.3) is 0 Å². The van der Waals surface area contributed by atoms with Crippen LogP contribution >= 0.6 is 0 Å². The number of fused-ring (bicyclic) bond motifs is 1. The van der Waals surface area contributed by atoms with E-state index < -0.39 is 10.2 Å². The summed E-state index contributed by atoms with van der Waals surface area (Å²) in [6.07, 6.45) is 2.51. The van der Waals surface area contributed by atoms with Gasteiger partial charge in [0.1, 0.15) is 5.76 Å². The minimum absolute atomic E-state index is 0.0453. The SMILES string of the molecule is CO[C@@H]1CCN(S(=O)(=O)N(C)C)[C@H]2CN(Cc3ccco3)C[C@@H]12. The second-order valence-electron chi connectivity index (χ2n) is 6.47. The van der Waals surface area contributed by atoms with Gasteiger partial charge in [0.15, 0.2) is 0 Å². The Morgan fingerprint density at radius 2 is 2.17 bits per heavy atom. The predicted molar refractivity (Wildman–Crippen MR) is 86.0 cm³/mol. The van der Waals surface area contributed by atoms with E-state index >= 15 is 0 Å². The van der Waals surface area contributed by atoms with Crippen LogP contribution in [0, 0.1) is 5.92 Å². The molecule has 0 unspecified atom stereocenters. The van der Waals surface area contributed by atoms with Gasteiger partial charge in [-0.3, -0.25) is 4.90 Å². The molecule has 2 aliphatic rings. The van der Waals surface area contributed by atoms with Crippen molar-refractivity contribution in [2.75, 3.05) is 40.8 Å². The quantitative estimate of drug-likeness (QED) is 0.784. The first-order valence-electron chi connectivity index (χ1n) is 7.90. The Morgan fingerprint density at radius 1 is 1.39 bits per heavy atom. The topological polar surface area (TPSA) is 66.2 Å². The molecule has 2 fully saturated rings. The van der Waals surface area contributed by atoms with Crippen LogP contribution in [0.2, 0.25) is 0 Å². The number of hydrogen-bond donors (Lipinski definition) is 0. The lowest BCUT2D eigenvalue weighted by atomic mass is 9.91. The van der Waals surface area contributed by atoms with E-state index in [0.717, 1.165) is 18.7 Å². The fourth-order valence-electron chi connectivity index (χ4n) is 3.74. The van der Waals surface area contributed by atoms with Crippen molar-refractivity contribution in [1.82, 2.24) is 13.5 Å². The van der Waals surface area contributed by atoms with Gasteiger partial charge in [0, 0.05) is 52.8 Å². The molecular weight excluding hydrogens is 318 g/mol. The third-order valence-electron chi connectivity index (χ3n) is 4.91. The van der Waals surface area contributed by atoms with Crippen LogP contribution in [0.1, 0.15) is 12.2 Å². The van der Waals surface area contributed by atoms with Crippen molar-refractivity contribution < 1.29 is 17.6 Å². The molecule has 3 rings (SSSR count). The van der Waals surface area contributed by atoms with Crippen LogP contribution < -0.4 is 0 Å². The molecule has 0 saturated carbocycles. The Bertz CT molecular complexity index is 617. The second-order valence-corrected chi connectivity index (χ2v) is 8.56. The van der Waals surface area contributed by atoms with Gasteiger partial charge in [-0.05, 0) is 18.6 Å². The highest BCUT2D eigenvalue weighted by Gasteiger charge is 2.48. The van der Waals surface area contributed by atoms with Gasteiger partial charge in [-0.2, -0.15) is 17.0 Å². The van der Waals surface area contributed by atoms with E-state index in [-0.39, 0.29) is 18.1 Å². The molecule has 3 atom stereocenters. The van der Waals surface area contributed by atoms with Crippen LogP contribution in [0.15, 0.2) is 22.8 Å². The smallest absolute Gasteiger partial charge is 0.281 e. The van der Waals surface area contributed by atoms with Crippen molar-refractivity contribution in [3.05, 3.63) is 24.2 Å². The van der Waals surface area contributed by atoms with Gasteiger partial charge in [-0.1, -0.05) is 0 Å². The van der Waals surface area contributed by atoms with Crippen molar-refractivity contribution in [2.45, 2.75) is 25.1 Å². The predicted octanol–water partition coefficient (Wildman–Crippen LogP) is 0.607. The Balaban J connectivity index is 1.80. The summed E-state index contributed by atoms with van der Waals surface area (Å²) in [6.45, 7) is 2.74. The third-order valence-corrected chi connectivity index (χ3v) is 6.88. The molecule has 0 spiro atoms. The zero-order valence-corrected chi connectivity index (χ0v) is 14.7. The Hall–Kier alpha value is -0.930. The maximum atomic E-state index is 12.6. The summed E-state index contributed by atoms with van der Waals surface area (Å²) in [6, 6.07) is 3.78. The summed E-state index contributed by atoms with van der Waals surface area (Å²) < 4.78 is 39.2. The molecule has 7 nitrogen and oxygen atoms in total. The first-order valence-corrected chi connectivity index (χ1v) is 9.30. The highest BCUT2D eigenvalue weighted by Crippen LogP contribution is 2.35. The fourth-order valence-corrected chi connectivity index (χ4v) is 5.06. The molecule has 23 heavy (non-hydrogen) atoms. The molecule has 0 bridgehead atoms. The van der Waals surface area contributed by atoms with Gasteiger partial charge in [0.05, 0.1) is 18.9 Å². The number of piperidine rings is 1. The van der Waals surface area contributed by atoms with Crippen molar-refractivity contribution in [3.63, 3.8) is 0 Å². The second kappa shape index (κ2) is 6.52. The average Bonchev–Trinajstić information content (AvgIpc) is 3.15. The number of nitrogens with zero attached hydrogens (tertiary/aromatic N) is 3. The number of ether oxygens (including phenoxy) is 1. The first kappa shape index (κ1) is 16.9. The van der Waals surface area contributed by atoms with Crippen molar-refractivity contribution in [2.24, 2.45) is 5.92 Å². The molecule has 1 aromatic heterocycles. The maximum Gasteiger partial charge on any atom is 0.281 e. The van der Waals surface area contributed by atoms with Crippen molar-refractivity contribution in [3.8, 4) is 0 Å². The van der Waals surface area contributed by atoms with Crippen LogP contribution in [-0.4, -0.2) is 74.9 Å². The molecule has 130 valence electrons. The standard InChI is InChI=1S/C15H25N3O4S/c1-16(2)23(19,20)18-7-6-15(21-3)13-10-17(11-14(13)18)9-12-5-4-8-22-12/h4-5,8,13-15H,6-7,9-11H2,1-3H3/t13-,14+,15-/m1/s1. The molecule has 0 aromatic carbocycles. The van der Waals surface area contributed by atoms with Crippen LogP contribution in [0.3, 0.4) is 0 Å². The highest BCUT2D eigenvalue weighted by molar-refractivity contribution is 7.86. The monoisotopic (exact) mass is 343 g/mol. The first-order chi connectivity index (χ1) is 10.9. The van der Waals surface area contributed by atoms with E-state index in [9.17, 15) is 8.42 Å². The molecule has 0 radical (unpaired) electrons. The van der Waals surface area contributed by atoms with Gasteiger partial charge >= 0.3 is 0 Å². The van der Waals surface area contributed by atoms with Crippen molar-refractivity contribution >= 4 is 10.2 Å².